The van der Waals surface area contributed by atoms with Crippen LogP contribution in [-0.2, 0) is 5.41 Å². The molecule has 5 rings (SSSR count). The van der Waals surface area contributed by atoms with Gasteiger partial charge in [-0.15, -0.1) is 0 Å². The number of hydrogen-bond acceptors (Lipinski definition) is 0. The highest BCUT2D eigenvalue weighted by Gasteiger charge is 2.76. The first-order valence-corrected chi connectivity index (χ1v) is 7.16. The zero-order valence-corrected chi connectivity index (χ0v) is 10.2. The zero-order chi connectivity index (χ0) is 11.1. The second-order valence-corrected chi connectivity index (χ2v) is 6.66. The van der Waals surface area contributed by atoms with Crippen LogP contribution in [-0.4, -0.2) is 0 Å². The molecule has 3 saturated carbocycles. The molecule has 0 N–H and O–H groups in total. The van der Waals surface area contributed by atoms with Crippen molar-refractivity contribution in [3.63, 3.8) is 0 Å². The minimum Gasteiger partial charge on any atom is -0.0727 e. The van der Waals surface area contributed by atoms with Crippen LogP contribution in [0.25, 0.3) is 6.08 Å². The number of benzene rings is 1. The molecule has 3 fully saturated rings. The Morgan fingerprint density at radius 1 is 0.941 bits per heavy atom. The average molecular weight is 222 g/mol. The number of hydrogen-bond donors (Lipinski definition) is 0. The fraction of sp³-hybridized carbons (Fsp3) is 0.529. The molecule has 4 aliphatic rings. The van der Waals surface area contributed by atoms with Crippen molar-refractivity contribution in [3.05, 3.63) is 41.5 Å². The Morgan fingerprint density at radius 3 is 2.35 bits per heavy atom. The summed E-state index contributed by atoms with van der Waals surface area (Å²) >= 11 is 0. The predicted octanol–water partition coefficient (Wildman–Crippen LogP) is 4.16. The van der Waals surface area contributed by atoms with Gasteiger partial charge in [-0.05, 0) is 60.5 Å². The van der Waals surface area contributed by atoms with Crippen LogP contribution in [0.4, 0.5) is 0 Å². The lowest BCUT2D eigenvalue weighted by Crippen LogP contribution is -2.19. The molecule has 0 nitrogen and oxygen atoms in total. The minimum atomic E-state index is 0.478. The summed E-state index contributed by atoms with van der Waals surface area (Å²) < 4.78 is 0. The lowest BCUT2D eigenvalue weighted by Gasteiger charge is -2.22. The molecular weight excluding hydrogens is 204 g/mol. The van der Waals surface area contributed by atoms with Gasteiger partial charge in [0.05, 0.1) is 0 Å². The second kappa shape index (κ2) is 2.53. The summed E-state index contributed by atoms with van der Waals surface area (Å²) in [6.07, 6.45) is 12.4. The van der Waals surface area contributed by atoms with Gasteiger partial charge in [0.15, 0.2) is 0 Å². The molecule has 1 aromatic carbocycles. The quantitative estimate of drug-likeness (QED) is 0.704. The molecule has 1 spiro atoms. The zero-order valence-electron chi connectivity index (χ0n) is 10.2. The molecule has 0 radical (unpaired) electrons. The van der Waals surface area contributed by atoms with E-state index in [1.165, 1.54) is 37.7 Å². The molecule has 1 atom stereocenters. The van der Waals surface area contributed by atoms with Crippen molar-refractivity contribution in [2.45, 2.75) is 37.5 Å². The Labute approximate surface area is 103 Å². The molecule has 0 bridgehead atoms. The van der Waals surface area contributed by atoms with Gasteiger partial charge in [-0.2, -0.15) is 0 Å². The van der Waals surface area contributed by atoms with E-state index in [-0.39, 0.29) is 0 Å². The highest BCUT2D eigenvalue weighted by atomic mass is 14.8. The Bertz CT molecular complexity index is 519. The summed E-state index contributed by atoms with van der Waals surface area (Å²) in [6.45, 7) is 0. The molecule has 0 aromatic heterocycles. The molecule has 17 heavy (non-hydrogen) atoms. The van der Waals surface area contributed by atoms with Gasteiger partial charge < -0.3 is 0 Å². The van der Waals surface area contributed by atoms with E-state index in [0.717, 1.165) is 11.8 Å². The Balaban J connectivity index is 1.68. The van der Waals surface area contributed by atoms with Crippen LogP contribution in [0.3, 0.4) is 0 Å². The first-order valence-electron chi connectivity index (χ1n) is 7.16. The van der Waals surface area contributed by atoms with Gasteiger partial charge in [-0.1, -0.05) is 36.4 Å². The van der Waals surface area contributed by atoms with E-state index in [1.807, 2.05) is 0 Å². The van der Waals surface area contributed by atoms with Gasteiger partial charge in [-0.25, -0.2) is 0 Å². The van der Waals surface area contributed by atoms with Gasteiger partial charge in [-0.3, -0.25) is 0 Å². The maximum Gasteiger partial charge on any atom is 0.0209 e. The third-order valence-electron chi connectivity index (χ3n) is 5.88. The Hall–Kier alpha value is -1.04. The summed E-state index contributed by atoms with van der Waals surface area (Å²) in [7, 11) is 0. The summed E-state index contributed by atoms with van der Waals surface area (Å²) in [6, 6.07) is 9.10. The number of allylic oxidation sites excluding steroid dienone is 1. The Morgan fingerprint density at radius 2 is 1.65 bits per heavy atom. The lowest BCUT2D eigenvalue weighted by atomic mass is 9.81. The van der Waals surface area contributed by atoms with Crippen molar-refractivity contribution in [1.82, 2.24) is 0 Å². The molecule has 1 unspecified atom stereocenters. The maximum absolute atomic E-state index is 2.56. The van der Waals surface area contributed by atoms with Gasteiger partial charge in [0.25, 0.3) is 0 Å². The van der Waals surface area contributed by atoms with E-state index >= 15 is 0 Å². The normalized spacial score (nSPS) is 36.2. The van der Waals surface area contributed by atoms with Crippen LogP contribution in [0.15, 0.2) is 30.3 Å². The largest absolute Gasteiger partial charge is 0.0727 e. The first-order chi connectivity index (χ1) is 8.37. The van der Waals surface area contributed by atoms with Crippen molar-refractivity contribution in [3.8, 4) is 0 Å². The van der Waals surface area contributed by atoms with Gasteiger partial charge in [0.1, 0.15) is 0 Å². The molecule has 4 aliphatic carbocycles. The minimum absolute atomic E-state index is 0.478. The SMILES string of the molecule is C1=CC2(CC2(C2CC2)C2CC2)c2ccccc21. The molecule has 1 aromatic rings. The van der Waals surface area contributed by atoms with Crippen LogP contribution in [0.2, 0.25) is 0 Å². The number of rotatable bonds is 2. The number of fused-ring (bicyclic) bond motifs is 2. The molecule has 0 amide bonds. The second-order valence-electron chi connectivity index (χ2n) is 6.66. The molecule has 0 aliphatic heterocycles. The smallest absolute Gasteiger partial charge is 0.0209 e. The molecule has 0 heterocycles. The summed E-state index contributed by atoms with van der Waals surface area (Å²) in [5, 5.41) is 0. The van der Waals surface area contributed by atoms with Crippen molar-refractivity contribution < 1.29 is 0 Å². The van der Waals surface area contributed by atoms with E-state index in [2.05, 4.69) is 36.4 Å². The monoisotopic (exact) mass is 222 g/mol. The van der Waals surface area contributed by atoms with E-state index in [9.17, 15) is 0 Å². The molecule has 86 valence electrons. The van der Waals surface area contributed by atoms with Crippen molar-refractivity contribution in [2.75, 3.05) is 0 Å². The van der Waals surface area contributed by atoms with Crippen molar-refractivity contribution in [1.29, 1.82) is 0 Å². The van der Waals surface area contributed by atoms with Gasteiger partial charge >= 0.3 is 0 Å². The van der Waals surface area contributed by atoms with Crippen LogP contribution in [0.1, 0.15) is 43.2 Å². The summed E-state index contributed by atoms with van der Waals surface area (Å²) in [5.41, 5.74) is 4.33. The topological polar surface area (TPSA) is 0 Å². The van der Waals surface area contributed by atoms with E-state index in [4.69, 9.17) is 0 Å². The first kappa shape index (κ1) is 8.97. The highest BCUT2D eigenvalue weighted by Crippen LogP contribution is 2.82. The summed E-state index contributed by atoms with van der Waals surface area (Å²) in [4.78, 5) is 0. The average Bonchev–Trinajstić information content (AvgIpc) is 3.20. The third kappa shape index (κ3) is 0.896. The van der Waals surface area contributed by atoms with Crippen LogP contribution in [0, 0.1) is 17.3 Å². The van der Waals surface area contributed by atoms with E-state index in [1.54, 1.807) is 5.56 Å². The van der Waals surface area contributed by atoms with Crippen LogP contribution in [0.5, 0.6) is 0 Å². The highest BCUT2D eigenvalue weighted by molar-refractivity contribution is 5.70. The van der Waals surface area contributed by atoms with Crippen molar-refractivity contribution >= 4 is 6.08 Å². The fourth-order valence-electron chi connectivity index (χ4n) is 4.90. The molecule has 0 saturated heterocycles. The standard InChI is InChI=1S/C17H18/c1-2-4-15-12(3-1)9-10-16(15)11-17(16,13-5-6-13)14-7-8-14/h1-4,9-10,13-14H,5-8,11H2. The van der Waals surface area contributed by atoms with Crippen molar-refractivity contribution in [2.24, 2.45) is 17.3 Å². The van der Waals surface area contributed by atoms with E-state index < -0.39 is 0 Å². The van der Waals surface area contributed by atoms with E-state index in [0.29, 0.717) is 10.8 Å². The van der Waals surface area contributed by atoms with Gasteiger partial charge in [0, 0.05) is 5.41 Å². The predicted molar refractivity (Wildman–Crippen MR) is 69.7 cm³/mol. The fourth-order valence-corrected chi connectivity index (χ4v) is 4.90. The molecule has 0 heteroatoms. The summed E-state index contributed by atoms with van der Waals surface area (Å²) in [5.74, 6) is 2.12. The third-order valence-corrected chi connectivity index (χ3v) is 5.88. The maximum atomic E-state index is 2.56. The lowest BCUT2D eigenvalue weighted by molar-refractivity contribution is 0.339. The van der Waals surface area contributed by atoms with Crippen LogP contribution >= 0.6 is 0 Å². The van der Waals surface area contributed by atoms with Crippen LogP contribution < -0.4 is 0 Å². The molecular formula is C17H18. The van der Waals surface area contributed by atoms with Gasteiger partial charge in [0.2, 0.25) is 0 Å². The Kier molecular flexibility index (Phi) is 1.33.